The molecule has 0 aliphatic carbocycles. The highest BCUT2D eigenvalue weighted by Crippen LogP contribution is 1.81. The molecule has 0 aliphatic heterocycles. The first kappa shape index (κ1) is 6.20. The normalized spacial score (nSPS) is 10.2. The number of nitrogens with two attached hydrogens (primary N) is 1. The maximum atomic E-state index is 4.78. The molecule has 36 valence electrons. The van der Waals surface area contributed by atoms with Crippen molar-refractivity contribution in [3.8, 4) is 0 Å². The molecule has 2 N–H and O–H groups in total. The smallest absolute Gasteiger partial charge is 0.0247 e. The standard InChI is InChI=1S/C3H7IN2/c4-2-1-3-6-5/h3H,1-2,5H2/b6-3-. The number of alkyl halides is 1. The van der Waals surface area contributed by atoms with Gasteiger partial charge in [-0.05, 0) is 6.42 Å². The first-order chi connectivity index (χ1) is 2.91. The molecule has 0 saturated heterocycles. The van der Waals surface area contributed by atoms with Crippen molar-refractivity contribution in [3.63, 3.8) is 0 Å². The molecule has 0 rings (SSSR count). The Balaban J connectivity index is 2.66. The Bertz CT molecular complexity index is 44.1. The Labute approximate surface area is 50.9 Å². The SMILES string of the molecule is N/N=C\CCI. The van der Waals surface area contributed by atoms with E-state index < -0.39 is 0 Å². The van der Waals surface area contributed by atoms with Gasteiger partial charge in [0, 0.05) is 10.6 Å². The van der Waals surface area contributed by atoms with E-state index in [2.05, 4.69) is 27.7 Å². The van der Waals surface area contributed by atoms with E-state index in [-0.39, 0.29) is 0 Å². The minimum atomic E-state index is 0.983. The van der Waals surface area contributed by atoms with Crippen molar-refractivity contribution in [2.24, 2.45) is 10.9 Å². The van der Waals surface area contributed by atoms with Crippen molar-refractivity contribution in [2.75, 3.05) is 4.43 Å². The Morgan fingerprint density at radius 2 is 2.50 bits per heavy atom. The maximum Gasteiger partial charge on any atom is 0.0247 e. The molecule has 0 saturated carbocycles. The third-order valence-electron chi connectivity index (χ3n) is 0.344. The first-order valence-electron chi connectivity index (χ1n) is 1.69. The van der Waals surface area contributed by atoms with E-state index in [1.54, 1.807) is 6.21 Å². The van der Waals surface area contributed by atoms with E-state index in [9.17, 15) is 0 Å². The molecule has 0 aromatic rings. The van der Waals surface area contributed by atoms with E-state index in [1.165, 1.54) is 0 Å². The predicted octanol–water partition coefficient (Wildman–Crippen LogP) is 0.756. The van der Waals surface area contributed by atoms with Crippen molar-refractivity contribution < 1.29 is 0 Å². The fourth-order valence-corrected chi connectivity index (χ4v) is 0.402. The number of hydrazone groups is 1. The molecule has 0 bridgehead atoms. The van der Waals surface area contributed by atoms with Crippen LogP contribution in [-0.2, 0) is 0 Å². The molecule has 0 radical (unpaired) electrons. The Hall–Kier alpha value is 0.200. The van der Waals surface area contributed by atoms with Gasteiger partial charge in [0.25, 0.3) is 0 Å². The lowest BCUT2D eigenvalue weighted by atomic mass is 10.6. The fraction of sp³-hybridized carbons (Fsp3) is 0.667. The average Bonchev–Trinajstić information content (AvgIpc) is 1.61. The van der Waals surface area contributed by atoms with Gasteiger partial charge in [0.1, 0.15) is 0 Å². The van der Waals surface area contributed by atoms with Crippen LogP contribution in [0.4, 0.5) is 0 Å². The van der Waals surface area contributed by atoms with E-state index in [0.717, 1.165) is 10.8 Å². The predicted molar refractivity (Wildman–Crippen MR) is 36.2 cm³/mol. The van der Waals surface area contributed by atoms with Crippen molar-refractivity contribution in [2.45, 2.75) is 6.42 Å². The summed E-state index contributed by atoms with van der Waals surface area (Å²) in [5.41, 5.74) is 0. The molecular weight excluding hydrogens is 191 g/mol. The molecule has 0 heterocycles. The zero-order valence-corrected chi connectivity index (χ0v) is 5.55. The lowest BCUT2D eigenvalue weighted by Crippen LogP contribution is -1.82. The molecule has 6 heavy (non-hydrogen) atoms. The van der Waals surface area contributed by atoms with Crippen molar-refractivity contribution in [1.29, 1.82) is 0 Å². The van der Waals surface area contributed by atoms with Gasteiger partial charge in [0.2, 0.25) is 0 Å². The molecule has 0 aromatic heterocycles. The number of hydrogen-bond donors (Lipinski definition) is 1. The van der Waals surface area contributed by atoms with Gasteiger partial charge in [-0.1, -0.05) is 22.6 Å². The highest BCUT2D eigenvalue weighted by Gasteiger charge is 1.68. The summed E-state index contributed by atoms with van der Waals surface area (Å²) in [5.74, 6) is 4.78. The third kappa shape index (κ3) is 4.20. The first-order valence-corrected chi connectivity index (χ1v) is 3.22. The molecule has 3 heteroatoms. The van der Waals surface area contributed by atoms with Crippen LogP contribution in [0.1, 0.15) is 6.42 Å². The minimum absolute atomic E-state index is 0.983. The second-order valence-electron chi connectivity index (χ2n) is 0.809. The summed E-state index contributed by atoms with van der Waals surface area (Å²) in [6.45, 7) is 0. The van der Waals surface area contributed by atoms with Crippen LogP contribution in [0.5, 0.6) is 0 Å². The second-order valence-corrected chi connectivity index (χ2v) is 1.89. The van der Waals surface area contributed by atoms with E-state index in [0.29, 0.717) is 0 Å². The van der Waals surface area contributed by atoms with Gasteiger partial charge in [-0.3, -0.25) is 0 Å². The number of rotatable bonds is 2. The van der Waals surface area contributed by atoms with Gasteiger partial charge < -0.3 is 5.84 Å². The third-order valence-corrected chi connectivity index (χ3v) is 0.966. The molecular formula is C3H7IN2. The molecule has 0 fully saturated rings. The summed E-state index contributed by atoms with van der Waals surface area (Å²) in [6.07, 6.45) is 2.68. The maximum absolute atomic E-state index is 4.78. The topological polar surface area (TPSA) is 38.4 Å². The van der Waals surface area contributed by atoms with Crippen molar-refractivity contribution in [1.82, 2.24) is 0 Å². The number of nitrogens with zero attached hydrogens (tertiary/aromatic N) is 1. The number of halogens is 1. The van der Waals surface area contributed by atoms with Crippen molar-refractivity contribution in [3.05, 3.63) is 0 Å². The van der Waals surface area contributed by atoms with Crippen LogP contribution in [0.3, 0.4) is 0 Å². The quantitative estimate of drug-likeness (QED) is 0.230. The molecule has 2 nitrogen and oxygen atoms in total. The summed E-state index contributed by atoms with van der Waals surface area (Å²) >= 11 is 2.26. The van der Waals surface area contributed by atoms with Gasteiger partial charge in [-0.25, -0.2) is 0 Å². The van der Waals surface area contributed by atoms with E-state index in [4.69, 9.17) is 5.84 Å². The summed E-state index contributed by atoms with van der Waals surface area (Å²) < 4.78 is 1.10. The summed E-state index contributed by atoms with van der Waals surface area (Å²) in [6, 6.07) is 0. The molecule has 0 spiro atoms. The van der Waals surface area contributed by atoms with Crippen LogP contribution in [0.2, 0.25) is 0 Å². The largest absolute Gasteiger partial charge is 0.324 e. The molecule has 0 aromatic carbocycles. The van der Waals surface area contributed by atoms with Gasteiger partial charge >= 0.3 is 0 Å². The number of hydrogen-bond acceptors (Lipinski definition) is 2. The Morgan fingerprint density at radius 1 is 1.83 bits per heavy atom. The highest BCUT2D eigenvalue weighted by atomic mass is 127. The lowest BCUT2D eigenvalue weighted by molar-refractivity contribution is 1.22. The van der Waals surface area contributed by atoms with Crippen LogP contribution < -0.4 is 5.84 Å². The fourth-order valence-electron chi connectivity index (χ4n) is 0.123. The highest BCUT2D eigenvalue weighted by molar-refractivity contribution is 14.1. The van der Waals surface area contributed by atoms with Crippen LogP contribution in [-0.4, -0.2) is 10.6 Å². The lowest BCUT2D eigenvalue weighted by Gasteiger charge is -1.74. The summed E-state index contributed by atoms with van der Waals surface area (Å²) in [4.78, 5) is 0. The second kappa shape index (κ2) is 5.20. The molecule has 0 unspecified atom stereocenters. The molecule has 0 amide bonds. The Kier molecular flexibility index (Phi) is 5.37. The monoisotopic (exact) mass is 198 g/mol. The summed E-state index contributed by atoms with van der Waals surface area (Å²) in [5, 5.41) is 3.30. The van der Waals surface area contributed by atoms with E-state index >= 15 is 0 Å². The van der Waals surface area contributed by atoms with Crippen LogP contribution in [0, 0.1) is 0 Å². The van der Waals surface area contributed by atoms with Gasteiger partial charge in [-0.15, -0.1) is 0 Å². The zero-order chi connectivity index (χ0) is 4.83. The van der Waals surface area contributed by atoms with Crippen LogP contribution in [0.15, 0.2) is 5.10 Å². The Morgan fingerprint density at radius 3 is 2.67 bits per heavy atom. The van der Waals surface area contributed by atoms with Crippen LogP contribution >= 0.6 is 22.6 Å². The molecule has 0 aliphatic rings. The van der Waals surface area contributed by atoms with Crippen molar-refractivity contribution >= 4 is 28.8 Å². The van der Waals surface area contributed by atoms with Crippen LogP contribution in [0.25, 0.3) is 0 Å². The minimum Gasteiger partial charge on any atom is -0.324 e. The van der Waals surface area contributed by atoms with E-state index in [1.807, 2.05) is 0 Å². The molecule has 0 atom stereocenters. The average molecular weight is 198 g/mol. The van der Waals surface area contributed by atoms with Gasteiger partial charge in [0.15, 0.2) is 0 Å². The summed E-state index contributed by atoms with van der Waals surface area (Å²) in [7, 11) is 0. The van der Waals surface area contributed by atoms with Gasteiger partial charge in [0.05, 0.1) is 0 Å². The van der Waals surface area contributed by atoms with Gasteiger partial charge in [-0.2, -0.15) is 5.10 Å². The zero-order valence-electron chi connectivity index (χ0n) is 3.39.